The Bertz CT molecular complexity index is 1180. The van der Waals surface area contributed by atoms with E-state index >= 15 is 0 Å². The molecule has 3 aromatic carbocycles. The fourth-order valence-corrected chi connectivity index (χ4v) is 4.28. The van der Waals surface area contributed by atoms with E-state index in [1.165, 1.54) is 0 Å². The molecule has 1 atom stereocenters. The molecule has 8 heteroatoms. The summed E-state index contributed by atoms with van der Waals surface area (Å²) in [7, 11) is 0. The summed E-state index contributed by atoms with van der Waals surface area (Å²) in [6.45, 7) is 5.69. The van der Waals surface area contributed by atoms with Crippen LogP contribution in [0.1, 0.15) is 31.9 Å². The van der Waals surface area contributed by atoms with Gasteiger partial charge in [-0.05, 0) is 90.9 Å². The maximum Gasteiger partial charge on any atom is 0.261 e. The highest BCUT2D eigenvalue weighted by Gasteiger charge is 2.32. The molecule has 36 heavy (non-hydrogen) atoms. The van der Waals surface area contributed by atoms with Gasteiger partial charge in [0.25, 0.3) is 5.91 Å². The van der Waals surface area contributed by atoms with E-state index in [-0.39, 0.29) is 25.0 Å². The van der Waals surface area contributed by atoms with Crippen LogP contribution in [0.3, 0.4) is 0 Å². The zero-order valence-corrected chi connectivity index (χ0v) is 24.1. The molecule has 3 aromatic rings. The summed E-state index contributed by atoms with van der Waals surface area (Å²) in [5.74, 6) is 0.0237. The molecule has 0 heterocycles. The van der Waals surface area contributed by atoms with E-state index in [9.17, 15) is 9.59 Å². The number of ether oxygens (including phenoxy) is 1. The number of rotatable bonds is 9. The van der Waals surface area contributed by atoms with Crippen LogP contribution in [0.4, 0.5) is 0 Å². The summed E-state index contributed by atoms with van der Waals surface area (Å²) in [5.41, 5.74) is 1.23. The number of nitrogens with zero attached hydrogens (tertiary/aromatic N) is 1. The molecule has 190 valence electrons. The highest BCUT2D eigenvalue weighted by atomic mass is 127. The van der Waals surface area contributed by atoms with Gasteiger partial charge in [-0.25, -0.2) is 0 Å². The largest absolute Gasteiger partial charge is 0.484 e. The number of amides is 2. The highest BCUT2D eigenvalue weighted by molar-refractivity contribution is 14.1. The Labute approximate surface area is 236 Å². The maximum atomic E-state index is 13.6. The van der Waals surface area contributed by atoms with Crippen LogP contribution in [0.2, 0.25) is 10.0 Å². The van der Waals surface area contributed by atoms with E-state index < -0.39 is 11.6 Å². The summed E-state index contributed by atoms with van der Waals surface area (Å²) in [6.07, 6.45) is 0.347. The first-order valence-corrected chi connectivity index (χ1v) is 13.3. The molecule has 1 unspecified atom stereocenters. The van der Waals surface area contributed by atoms with E-state index in [4.69, 9.17) is 27.9 Å². The van der Waals surface area contributed by atoms with Crippen molar-refractivity contribution in [1.29, 1.82) is 0 Å². The Morgan fingerprint density at radius 2 is 1.61 bits per heavy atom. The monoisotopic (exact) mass is 638 g/mol. The molecule has 0 fully saturated rings. The van der Waals surface area contributed by atoms with Crippen molar-refractivity contribution in [2.24, 2.45) is 0 Å². The second-order valence-electron chi connectivity index (χ2n) is 9.46. The Balaban J connectivity index is 1.94. The molecule has 3 rings (SSSR count). The van der Waals surface area contributed by atoms with E-state index in [2.05, 4.69) is 27.9 Å². The van der Waals surface area contributed by atoms with Crippen LogP contribution in [0.15, 0.2) is 72.8 Å². The van der Waals surface area contributed by atoms with Gasteiger partial charge in [0.05, 0.1) is 10.0 Å². The summed E-state index contributed by atoms with van der Waals surface area (Å²) >= 11 is 14.6. The number of benzene rings is 3. The predicted octanol–water partition coefficient (Wildman–Crippen LogP) is 6.53. The van der Waals surface area contributed by atoms with Crippen LogP contribution in [0.25, 0.3) is 0 Å². The molecular weight excluding hydrogens is 610 g/mol. The molecule has 0 spiro atoms. The number of hydrogen-bond acceptors (Lipinski definition) is 3. The fraction of sp³-hybridized carbons (Fsp3) is 0.286. The van der Waals surface area contributed by atoms with Crippen molar-refractivity contribution < 1.29 is 14.3 Å². The summed E-state index contributed by atoms with van der Waals surface area (Å²) in [4.78, 5) is 28.7. The van der Waals surface area contributed by atoms with Crippen LogP contribution >= 0.6 is 45.8 Å². The lowest BCUT2D eigenvalue weighted by Gasteiger charge is -2.33. The lowest BCUT2D eigenvalue weighted by atomic mass is 10.0. The average molecular weight is 639 g/mol. The first-order chi connectivity index (χ1) is 17.0. The fourth-order valence-electron chi connectivity index (χ4n) is 3.60. The molecule has 0 saturated carbocycles. The highest BCUT2D eigenvalue weighted by Crippen LogP contribution is 2.25. The van der Waals surface area contributed by atoms with Gasteiger partial charge in [-0.2, -0.15) is 0 Å². The van der Waals surface area contributed by atoms with Crippen molar-refractivity contribution in [2.75, 3.05) is 6.61 Å². The molecule has 0 radical (unpaired) electrons. The molecule has 0 aromatic heterocycles. The Morgan fingerprint density at radius 3 is 2.22 bits per heavy atom. The van der Waals surface area contributed by atoms with E-state index in [0.717, 1.165) is 14.7 Å². The number of carbonyl (C=O) groups is 2. The quantitative estimate of drug-likeness (QED) is 0.271. The van der Waals surface area contributed by atoms with Gasteiger partial charge < -0.3 is 15.0 Å². The number of hydrogen-bond donors (Lipinski definition) is 1. The third-order valence-corrected chi connectivity index (χ3v) is 6.74. The lowest BCUT2D eigenvalue weighted by Crippen LogP contribution is -2.55. The zero-order chi connectivity index (χ0) is 26.3. The minimum atomic E-state index is -0.770. The Hall–Kier alpha value is -2.29. The second-order valence-corrected chi connectivity index (χ2v) is 11.5. The predicted molar refractivity (Wildman–Crippen MR) is 153 cm³/mol. The standard InChI is InChI=1S/C28H29Cl2IN2O3/c1-28(2,3)32-27(35)25(16-19-7-5-4-6-8-19)33(17-20-9-14-23(29)24(30)15-20)26(34)18-36-22-12-10-21(31)11-13-22/h4-15,25H,16-18H2,1-3H3,(H,32,35). The van der Waals surface area contributed by atoms with Gasteiger partial charge in [-0.15, -0.1) is 0 Å². The molecule has 0 saturated heterocycles. The third kappa shape index (κ3) is 8.68. The maximum absolute atomic E-state index is 13.6. The molecule has 5 nitrogen and oxygen atoms in total. The smallest absolute Gasteiger partial charge is 0.261 e. The lowest BCUT2D eigenvalue weighted by molar-refractivity contribution is -0.143. The van der Waals surface area contributed by atoms with Crippen molar-refractivity contribution in [3.05, 3.63) is 97.5 Å². The minimum absolute atomic E-state index is 0.167. The first-order valence-electron chi connectivity index (χ1n) is 11.5. The van der Waals surface area contributed by atoms with E-state index in [1.54, 1.807) is 23.1 Å². The normalized spacial score (nSPS) is 12.1. The first kappa shape index (κ1) is 28.3. The molecule has 0 bridgehead atoms. The van der Waals surface area contributed by atoms with Crippen LogP contribution in [-0.4, -0.2) is 34.9 Å². The van der Waals surface area contributed by atoms with Crippen molar-refractivity contribution in [3.63, 3.8) is 0 Å². The van der Waals surface area contributed by atoms with Crippen LogP contribution in [0, 0.1) is 3.57 Å². The summed E-state index contributed by atoms with van der Waals surface area (Å²) in [5, 5.41) is 3.85. The number of carbonyl (C=O) groups excluding carboxylic acids is 2. The van der Waals surface area contributed by atoms with Gasteiger partial charge >= 0.3 is 0 Å². The third-order valence-electron chi connectivity index (χ3n) is 5.28. The summed E-state index contributed by atoms with van der Waals surface area (Å²) < 4.78 is 6.86. The molecule has 0 aliphatic carbocycles. The molecule has 1 N–H and O–H groups in total. The minimum Gasteiger partial charge on any atom is -0.484 e. The second kappa shape index (κ2) is 12.8. The Kier molecular flexibility index (Phi) is 10.0. The van der Waals surface area contributed by atoms with E-state index in [0.29, 0.717) is 22.2 Å². The van der Waals surface area contributed by atoms with Gasteiger partial charge in [0.2, 0.25) is 5.91 Å². The van der Waals surface area contributed by atoms with Gasteiger partial charge in [0.1, 0.15) is 11.8 Å². The van der Waals surface area contributed by atoms with Crippen LogP contribution in [0.5, 0.6) is 5.75 Å². The summed E-state index contributed by atoms with van der Waals surface area (Å²) in [6, 6.07) is 21.5. The molecular formula is C28H29Cl2IN2O3. The Morgan fingerprint density at radius 1 is 0.944 bits per heavy atom. The van der Waals surface area contributed by atoms with Crippen LogP contribution in [-0.2, 0) is 22.6 Å². The van der Waals surface area contributed by atoms with Gasteiger partial charge in [-0.3, -0.25) is 9.59 Å². The van der Waals surface area contributed by atoms with Gasteiger partial charge in [-0.1, -0.05) is 59.6 Å². The van der Waals surface area contributed by atoms with Crippen LogP contribution < -0.4 is 10.1 Å². The average Bonchev–Trinajstić information content (AvgIpc) is 2.82. The topological polar surface area (TPSA) is 58.6 Å². The molecule has 0 aliphatic rings. The van der Waals surface area contributed by atoms with Gasteiger partial charge in [0.15, 0.2) is 6.61 Å². The number of halogens is 3. The molecule has 2 amide bonds. The van der Waals surface area contributed by atoms with Gasteiger partial charge in [0, 0.05) is 22.1 Å². The van der Waals surface area contributed by atoms with Crippen molar-refractivity contribution >= 4 is 57.6 Å². The van der Waals surface area contributed by atoms with Crippen molar-refractivity contribution in [2.45, 2.75) is 45.3 Å². The van der Waals surface area contributed by atoms with Crippen molar-refractivity contribution in [1.82, 2.24) is 10.2 Å². The SMILES string of the molecule is CC(C)(C)NC(=O)C(Cc1ccccc1)N(Cc1ccc(Cl)c(Cl)c1)C(=O)COc1ccc(I)cc1. The van der Waals surface area contributed by atoms with E-state index in [1.807, 2.05) is 75.4 Å². The van der Waals surface area contributed by atoms with Crippen molar-refractivity contribution in [3.8, 4) is 5.75 Å². The molecule has 0 aliphatic heterocycles. The number of nitrogens with one attached hydrogen (secondary N) is 1. The zero-order valence-electron chi connectivity index (χ0n) is 20.4.